The van der Waals surface area contributed by atoms with Crippen LogP contribution in [0.25, 0.3) is 0 Å². The van der Waals surface area contributed by atoms with E-state index in [4.69, 9.17) is 11.6 Å². The number of esters is 1. The molecule has 0 bridgehead atoms. The summed E-state index contributed by atoms with van der Waals surface area (Å²) in [6.45, 7) is 0.422. The highest BCUT2D eigenvalue weighted by atomic mass is 35.5. The Labute approximate surface area is 151 Å². The molecule has 2 aromatic rings. The van der Waals surface area contributed by atoms with Crippen molar-refractivity contribution in [2.75, 3.05) is 12.4 Å². The summed E-state index contributed by atoms with van der Waals surface area (Å²) in [6, 6.07) is 2.90. The van der Waals surface area contributed by atoms with E-state index in [1.54, 1.807) is 0 Å². The monoisotopic (exact) mass is 382 g/mol. The Morgan fingerprint density at radius 2 is 1.96 bits per heavy atom. The van der Waals surface area contributed by atoms with Crippen LogP contribution >= 0.6 is 11.6 Å². The fourth-order valence-corrected chi connectivity index (χ4v) is 3.34. The normalized spacial score (nSPS) is 12.6. The quantitative estimate of drug-likeness (QED) is 0.501. The fraction of sp³-hybridized carbons (Fsp3) is 0.235. The molecule has 1 aromatic heterocycles. The van der Waals surface area contributed by atoms with E-state index in [1.165, 1.54) is 10.6 Å². The minimum absolute atomic E-state index is 0.0288. The third kappa shape index (κ3) is 2.96. The predicted octanol–water partition coefficient (Wildman–Crippen LogP) is 2.97. The van der Waals surface area contributed by atoms with Crippen molar-refractivity contribution in [2.24, 2.45) is 0 Å². The summed E-state index contributed by atoms with van der Waals surface area (Å²) in [5.41, 5.74) is 0.453. The number of amides is 1. The lowest BCUT2D eigenvalue weighted by molar-refractivity contribution is -0.135. The first-order valence-electron chi connectivity index (χ1n) is 7.65. The molecule has 1 aliphatic rings. The Hall–Kier alpha value is -2.74. The maximum atomic E-state index is 13.3. The third-order valence-electron chi connectivity index (χ3n) is 4.10. The number of methoxy groups -OCH3 is 1. The molecule has 0 atom stereocenters. The predicted molar refractivity (Wildman–Crippen MR) is 88.4 cm³/mol. The second-order valence-electron chi connectivity index (χ2n) is 5.64. The number of carbonyl (C=O) groups is 3. The van der Waals surface area contributed by atoms with Crippen LogP contribution in [0.3, 0.4) is 0 Å². The zero-order valence-corrected chi connectivity index (χ0v) is 14.3. The molecule has 0 spiro atoms. The minimum atomic E-state index is -1.11. The smallest absolute Gasteiger partial charge is 0.381 e. The van der Waals surface area contributed by atoms with Gasteiger partial charge >= 0.3 is 5.97 Å². The highest BCUT2D eigenvalue weighted by Gasteiger charge is 2.34. The number of halogens is 3. The number of ether oxygens (including phenoxy) is 1. The Kier molecular flexibility index (Phi) is 4.78. The van der Waals surface area contributed by atoms with Crippen LogP contribution in [0.1, 0.15) is 33.0 Å². The molecule has 1 aromatic carbocycles. The van der Waals surface area contributed by atoms with Gasteiger partial charge in [0.1, 0.15) is 5.69 Å². The SMILES string of the molecule is COC(=O)C(=O)c1c(Cl)c(C(=O)Nc2ccc(F)c(F)c2)c2n1CCC2. The summed E-state index contributed by atoms with van der Waals surface area (Å²) in [5.74, 6) is -4.89. The molecule has 9 heteroatoms. The van der Waals surface area contributed by atoms with E-state index in [9.17, 15) is 23.2 Å². The van der Waals surface area contributed by atoms with Gasteiger partial charge in [-0.1, -0.05) is 11.6 Å². The number of hydrogen-bond acceptors (Lipinski definition) is 4. The highest BCUT2D eigenvalue weighted by molar-refractivity contribution is 6.46. The summed E-state index contributed by atoms with van der Waals surface area (Å²) >= 11 is 6.22. The van der Waals surface area contributed by atoms with E-state index < -0.39 is 29.3 Å². The molecule has 0 radical (unpaired) electrons. The molecule has 1 aliphatic heterocycles. The molecule has 3 rings (SSSR count). The van der Waals surface area contributed by atoms with Gasteiger partial charge in [-0.25, -0.2) is 13.6 Å². The molecule has 2 heterocycles. The third-order valence-corrected chi connectivity index (χ3v) is 4.47. The molecule has 136 valence electrons. The number of benzene rings is 1. The fourth-order valence-electron chi connectivity index (χ4n) is 2.95. The Balaban J connectivity index is 2.00. The van der Waals surface area contributed by atoms with E-state index in [1.807, 2.05) is 0 Å². The number of hydrogen-bond donors (Lipinski definition) is 1. The Bertz CT molecular complexity index is 939. The number of Topliss-reactive ketones (excluding diaryl/α,β-unsaturated/α-hetero) is 1. The summed E-state index contributed by atoms with van der Waals surface area (Å²) in [6.07, 6.45) is 1.15. The second kappa shape index (κ2) is 6.87. The number of carbonyl (C=O) groups excluding carboxylic acids is 3. The molecular weight excluding hydrogens is 370 g/mol. The van der Waals surface area contributed by atoms with Crippen molar-refractivity contribution in [1.29, 1.82) is 0 Å². The van der Waals surface area contributed by atoms with Crippen molar-refractivity contribution < 1.29 is 27.9 Å². The first-order chi connectivity index (χ1) is 12.3. The number of nitrogens with zero attached hydrogens (tertiary/aromatic N) is 1. The van der Waals surface area contributed by atoms with E-state index in [0.717, 1.165) is 19.2 Å². The van der Waals surface area contributed by atoms with Crippen molar-refractivity contribution >= 4 is 34.9 Å². The van der Waals surface area contributed by atoms with Crippen LogP contribution in [0.5, 0.6) is 0 Å². The van der Waals surface area contributed by atoms with Crippen LogP contribution in [0.15, 0.2) is 18.2 Å². The summed E-state index contributed by atoms with van der Waals surface area (Å²) in [5, 5.41) is 2.25. The first-order valence-corrected chi connectivity index (χ1v) is 8.02. The van der Waals surface area contributed by atoms with Gasteiger partial charge in [0, 0.05) is 24.0 Å². The maximum absolute atomic E-state index is 13.3. The lowest BCUT2D eigenvalue weighted by atomic mass is 10.1. The standard InChI is InChI=1S/C17H13ClF2N2O4/c1-26-17(25)15(23)14-13(18)12(11-3-2-6-22(11)14)16(24)21-8-4-5-9(19)10(20)7-8/h4-5,7H,2-3,6H2,1H3,(H,21,24). The molecule has 26 heavy (non-hydrogen) atoms. The van der Waals surface area contributed by atoms with Crippen LogP contribution in [-0.4, -0.2) is 29.3 Å². The average Bonchev–Trinajstić information content (AvgIpc) is 3.16. The molecule has 0 fully saturated rings. The van der Waals surface area contributed by atoms with Crippen LogP contribution in [0.4, 0.5) is 14.5 Å². The Morgan fingerprint density at radius 3 is 2.62 bits per heavy atom. The number of anilines is 1. The van der Waals surface area contributed by atoms with Crippen LogP contribution < -0.4 is 5.32 Å². The van der Waals surface area contributed by atoms with Crippen molar-refractivity contribution in [3.8, 4) is 0 Å². The zero-order valence-electron chi connectivity index (χ0n) is 13.6. The zero-order chi connectivity index (χ0) is 19.0. The van der Waals surface area contributed by atoms with E-state index >= 15 is 0 Å². The minimum Gasteiger partial charge on any atom is -0.463 e. The van der Waals surface area contributed by atoms with Gasteiger partial charge in [0.25, 0.3) is 11.7 Å². The van der Waals surface area contributed by atoms with Gasteiger partial charge < -0.3 is 14.6 Å². The summed E-state index contributed by atoms with van der Waals surface area (Å²) in [4.78, 5) is 36.4. The summed E-state index contributed by atoms with van der Waals surface area (Å²) in [7, 11) is 1.07. The lowest BCUT2D eigenvalue weighted by Gasteiger charge is -2.06. The van der Waals surface area contributed by atoms with Crippen LogP contribution in [0.2, 0.25) is 5.02 Å². The molecule has 1 amide bonds. The number of ketones is 1. The van der Waals surface area contributed by atoms with Gasteiger partial charge in [-0.05, 0) is 25.0 Å². The molecule has 0 aliphatic carbocycles. The highest BCUT2D eigenvalue weighted by Crippen LogP contribution is 2.34. The van der Waals surface area contributed by atoms with Gasteiger partial charge in [0.2, 0.25) is 0 Å². The van der Waals surface area contributed by atoms with E-state index in [2.05, 4.69) is 10.1 Å². The molecule has 0 saturated heterocycles. The largest absolute Gasteiger partial charge is 0.463 e. The van der Waals surface area contributed by atoms with Crippen LogP contribution in [-0.2, 0) is 22.5 Å². The average molecular weight is 383 g/mol. The lowest BCUT2D eigenvalue weighted by Crippen LogP contribution is -2.19. The summed E-state index contributed by atoms with van der Waals surface area (Å²) < 4.78 is 32.3. The molecule has 6 nitrogen and oxygen atoms in total. The van der Waals surface area contributed by atoms with Gasteiger partial charge in [0.15, 0.2) is 11.6 Å². The van der Waals surface area contributed by atoms with E-state index in [-0.39, 0.29) is 22.0 Å². The Morgan fingerprint density at radius 1 is 1.23 bits per heavy atom. The molecule has 0 saturated carbocycles. The maximum Gasteiger partial charge on any atom is 0.381 e. The first kappa shape index (κ1) is 18.1. The topological polar surface area (TPSA) is 77.4 Å². The number of nitrogens with one attached hydrogen (secondary N) is 1. The van der Waals surface area contributed by atoms with Crippen LogP contribution in [0, 0.1) is 11.6 Å². The van der Waals surface area contributed by atoms with Crippen molar-refractivity contribution in [3.05, 3.63) is 51.8 Å². The number of rotatable bonds is 4. The van der Waals surface area contributed by atoms with Gasteiger partial charge in [0.05, 0.1) is 17.7 Å². The van der Waals surface area contributed by atoms with Gasteiger partial charge in [-0.15, -0.1) is 0 Å². The van der Waals surface area contributed by atoms with Gasteiger partial charge in [-0.2, -0.15) is 0 Å². The second-order valence-corrected chi connectivity index (χ2v) is 6.02. The van der Waals surface area contributed by atoms with Crippen molar-refractivity contribution in [2.45, 2.75) is 19.4 Å². The van der Waals surface area contributed by atoms with Crippen molar-refractivity contribution in [1.82, 2.24) is 4.57 Å². The van der Waals surface area contributed by atoms with E-state index in [0.29, 0.717) is 25.1 Å². The number of aromatic nitrogens is 1. The van der Waals surface area contributed by atoms with Gasteiger partial charge in [-0.3, -0.25) is 9.59 Å². The van der Waals surface area contributed by atoms with Crippen molar-refractivity contribution in [3.63, 3.8) is 0 Å². The molecular formula is C17H13ClF2N2O4. The molecule has 0 unspecified atom stereocenters. The molecule has 1 N–H and O–H groups in total. The number of fused-ring (bicyclic) bond motifs is 1.